The Morgan fingerprint density at radius 1 is 1.19 bits per heavy atom. The van der Waals surface area contributed by atoms with Crippen molar-refractivity contribution in [2.75, 3.05) is 6.61 Å². The Hall–Kier alpha value is -0.920. The topological polar surface area (TPSA) is 66.4 Å². The van der Waals surface area contributed by atoms with Gasteiger partial charge in [-0.05, 0) is 23.8 Å². The summed E-state index contributed by atoms with van der Waals surface area (Å²) in [4.78, 5) is -0.0262. The predicted molar refractivity (Wildman–Crippen MR) is 85.7 cm³/mol. The fraction of sp³-hybridized carbons (Fsp3) is 0.143. The van der Waals surface area contributed by atoms with E-state index in [0.29, 0.717) is 10.0 Å². The third-order valence-corrected chi connectivity index (χ3v) is 5.31. The van der Waals surface area contributed by atoms with Gasteiger partial charge in [0.25, 0.3) is 0 Å². The summed E-state index contributed by atoms with van der Waals surface area (Å²) in [5.74, 6) is 0. The van der Waals surface area contributed by atoms with Crippen LogP contribution in [0, 0.1) is 0 Å². The van der Waals surface area contributed by atoms with Crippen molar-refractivity contribution in [1.82, 2.24) is 4.72 Å². The van der Waals surface area contributed by atoms with Gasteiger partial charge in [-0.2, -0.15) is 0 Å². The quantitative estimate of drug-likeness (QED) is 0.824. The van der Waals surface area contributed by atoms with Gasteiger partial charge in [-0.1, -0.05) is 57.9 Å². The number of hydrogen-bond acceptors (Lipinski definition) is 3. The molecule has 0 aliphatic heterocycles. The minimum atomic E-state index is -3.83. The second-order valence-electron chi connectivity index (χ2n) is 4.34. The Balaban J connectivity index is 2.32. The number of hydrogen-bond donors (Lipinski definition) is 2. The van der Waals surface area contributed by atoms with E-state index in [0.717, 1.165) is 0 Å². The molecule has 0 spiro atoms. The molecule has 4 nitrogen and oxygen atoms in total. The highest BCUT2D eigenvalue weighted by Crippen LogP contribution is 2.26. The molecule has 0 heterocycles. The van der Waals surface area contributed by atoms with Gasteiger partial charge in [-0.25, -0.2) is 13.1 Å². The van der Waals surface area contributed by atoms with E-state index < -0.39 is 16.1 Å². The van der Waals surface area contributed by atoms with Crippen molar-refractivity contribution in [3.05, 3.63) is 63.6 Å². The van der Waals surface area contributed by atoms with Crippen LogP contribution in [0.25, 0.3) is 0 Å². The van der Waals surface area contributed by atoms with Gasteiger partial charge in [0.15, 0.2) is 0 Å². The number of aliphatic hydroxyl groups excluding tert-OH is 1. The van der Waals surface area contributed by atoms with Crippen molar-refractivity contribution in [2.24, 2.45) is 0 Å². The molecule has 0 radical (unpaired) electrons. The molecule has 0 fully saturated rings. The molecule has 2 N–H and O–H groups in total. The molecular weight excluding hydrogens is 378 g/mol. The van der Waals surface area contributed by atoms with Gasteiger partial charge in [0.1, 0.15) is 4.90 Å². The summed E-state index contributed by atoms with van der Waals surface area (Å²) in [6, 6.07) is 12.6. The van der Waals surface area contributed by atoms with Crippen molar-refractivity contribution in [3.63, 3.8) is 0 Å². The summed E-state index contributed by atoms with van der Waals surface area (Å²) in [6.07, 6.45) is 0. The first-order chi connectivity index (χ1) is 9.94. The van der Waals surface area contributed by atoms with E-state index in [9.17, 15) is 13.5 Å². The van der Waals surface area contributed by atoms with Crippen LogP contribution in [0.5, 0.6) is 0 Å². The number of benzene rings is 2. The van der Waals surface area contributed by atoms with E-state index in [2.05, 4.69) is 20.7 Å². The molecule has 0 aliphatic rings. The fourth-order valence-corrected chi connectivity index (χ4v) is 4.09. The normalized spacial score (nSPS) is 13.1. The van der Waals surface area contributed by atoms with E-state index in [1.807, 2.05) is 6.07 Å². The summed E-state index contributed by atoms with van der Waals surface area (Å²) < 4.78 is 27.9. The lowest BCUT2D eigenvalue weighted by atomic mass is 10.1. The van der Waals surface area contributed by atoms with Crippen molar-refractivity contribution in [3.8, 4) is 0 Å². The second kappa shape index (κ2) is 6.89. The number of sulfonamides is 1. The Bertz CT molecular complexity index is 722. The number of aliphatic hydroxyl groups is 1. The average Bonchev–Trinajstić information content (AvgIpc) is 2.45. The van der Waals surface area contributed by atoms with Crippen LogP contribution < -0.4 is 4.72 Å². The number of nitrogens with one attached hydrogen (secondary N) is 1. The summed E-state index contributed by atoms with van der Waals surface area (Å²) in [5, 5.41) is 9.55. The number of halogens is 2. The molecule has 0 aromatic heterocycles. The summed E-state index contributed by atoms with van der Waals surface area (Å²) in [6.45, 7) is -0.350. The van der Waals surface area contributed by atoms with Gasteiger partial charge in [0.2, 0.25) is 10.0 Å². The molecule has 0 aliphatic carbocycles. The maximum atomic E-state index is 12.4. The van der Waals surface area contributed by atoms with E-state index in [4.69, 9.17) is 11.6 Å². The van der Waals surface area contributed by atoms with Gasteiger partial charge in [-0.3, -0.25) is 0 Å². The van der Waals surface area contributed by atoms with Crippen LogP contribution >= 0.6 is 27.5 Å². The van der Waals surface area contributed by atoms with E-state index in [-0.39, 0.29) is 16.5 Å². The maximum absolute atomic E-state index is 12.4. The Labute approximate surface area is 136 Å². The Morgan fingerprint density at radius 3 is 2.43 bits per heavy atom. The van der Waals surface area contributed by atoms with Crippen LogP contribution in [0.3, 0.4) is 0 Å². The summed E-state index contributed by atoms with van der Waals surface area (Å²) in [7, 11) is -3.83. The molecule has 0 unspecified atom stereocenters. The summed E-state index contributed by atoms with van der Waals surface area (Å²) >= 11 is 9.20. The fourth-order valence-electron chi connectivity index (χ4n) is 1.84. The van der Waals surface area contributed by atoms with Gasteiger partial charge < -0.3 is 5.11 Å². The van der Waals surface area contributed by atoms with Crippen molar-refractivity contribution in [2.45, 2.75) is 10.9 Å². The highest BCUT2D eigenvalue weighted by molar-refractivity contribution is 9.10. The Kier molecular flexibility index (Phi) is 5.40. The van der Waals surface area contributed by atoms with E-state index >= 15 is 0 Å². The minimum absolute atomic E-state index is 0.0262. The lowest BCUT2D eigenvalue weighted by molar-refractivity contribution is 0.259. The molecule has 2 rings (SSSR count). The molecular formula is C14H13BrClNO3S. The molecule has 21 heavy (non-hydrogen) atoms. The van der Waals surface area contributed by atoms with Gasteiger partial charge in [0.05, 0.1) is 17.7 Å². The molecule has 7 heteroatoms. The van der Waals surface area contributed by atoms with Crippen LogP contribution in [-0.2, 0) is 10.0 Å². The molecule has 2 aromatic carbocycles. The van der Waals surface area contributed by atoms with Crippen LogP contribution in [0.15, 0.2) is 57.9 Å². The molecule has 2 aromatic rings. The smallest absolute Gasteiger partial charge is 0.242 e. The largest absolute Gasteiger partial charge is 0.394 e. The first-order valence-electron chi connectivity index (χ1n) is 6.07. The van der Waals surface area contributed by atoms with Crippen molar-refractivity contribution in [1.29, 1.82) is 0 Å². The van der Waals surface area contributed by atoms with Gasteiger partial charge in [0, 0.05) is 4.47 Å². The zero-order valence-corrected chi connectivity index (χ0v) is 14.0. The van der Waals surface area contributed by atoms with Crippen LogP contribution in [0.4, 0.5) is 0 Å². The molecule has 0 saturated carbocycles. The predicted octanol–water partition coefficient (Wildman–Crippen LogP) is 3.11. The standard InChI is InChI=1S/C14H13BrClNO3S/c15-11-6-7-14(12(16)8-11)21(19,20)17-13(9-18)10-4-2-1-3-5-10/h1-8,13,17-18H,9H2/t13-/m0/s1. The van der Waals surface area contributed by atoms with Gasteiger partial charge >= 0.3 is 0 Å². The van der Waals surface area contributed by atoms with Crippen LogP contribution in [0.2, 0.25) is 5.02 Å². The average molecular weight is 391 g/mol. The van der Waals surface area contributed by atoms with Crippen LogP contribution in [0.1, 0.15) is 11.6 Å². The van der Waals surface area contributed by atoms with E-state index in [1.54, 1.807) is 30.3 Å². The third kappa shape index (κ3) is 4.05. The molecule has 1 atom stereocenters. The molecule has 112 valence electrons. The highest BCUT2D eigenvalue weighted by atomic mass is 79.9. The zero-order chi connectivity index (χ0) is 15.5. The zero-order valence-electron chi connectivity index (χ0n) is 10.8. The van der Waals surface area contributed by atoms with E-state index in [1.165, 1.54) is 12.1 Å². The lowest BCUT2D eigenvalue weighted by Crippen LogP contribution is -2.31. The summed E-state index contributed by atoms with van der Waals surface area (Å²) in [5.41, 5.74) is 0.678. The maximum Gasteiger partial charge on any atom is 0.242 e. The number of rotatable bonds is 5. The van der Waals surface area contributed by atoms with Crippen molar-refractivity contribution < 1.29 is 13.5 Å². The molecule has 0 saturated heterocycles. The second-order valence-corrected chi connectivity index (χ2v) is 7.35. The van der Waals surface area contributed by atoms with Crippen LogP contribution in [-0.4, -0.2) is 20.1 Å². The van der Waals surface area contributed by atoms with Gasteiger partial charge in [-0.15, -0.1) is 0 Å². The minimum Gasteiger partial charge on any atom is -0.394 e. The Morgan fingerprint density at radius 2 is 1.86 bits per heavy atom. The lowest BCUT2D eigenvalue weighted by Gasteiger charge is -2.17. The third-order valence-electron chi connectivity index (χ3n) is 2.87. The van der Waals surface area contributed by atoms with Crippen molar-refractivity contribution >= 4 is 37.6 Å². The monoisotopic (exact) mass is 389 g/mol. The first-order valence-corrected chi connectivity index (χ1v) is 8.72. The SMILES string of the molecule is O=S(=O)(N[C@@H](CO)c1ccccc1)c1ccc(Br)cc1Cl. The first kappa shape index (κ1) is 16.5. The highest BCUT2D eigenvalue weighted by Gasteiger charge is 2.23. The molecule has 0 amide bonds. The molecule has 0 bridgehead atoms.